The van der Waals surface area contributed by atoms with E-state index in [9.17, 15) is 4.79 Å². The maximum absolute atomic E-state index is 11.0. The smallest absolute Gasteiger partial charge is 0.411 e. The predicted octanol–water partition coefficient (Wildman–Crippen LogP) is 0.782. The topological polar surface area (TPSA) is 29.5 Å². The van der Waals surface area contributed by atoms with E-state index in [0.29, 0.717) is 6.54 Å². The summed E-state index contributed by atoms with van der Waals surface area (Å²) >= 11 is 0. The molecule has 1 aliphatic heterocycles. The molecule has 0 aromatic rings. The Morgan fingerprint density at radius 1 is 1.92 bits per heavy atom. The van der Waals surface area contributed by atoms with Gasteiger partial charge in [0.15, 0.2) is 0 Å². The number of amides is 1. The molecule has 3 nitrogen and oxygen atoms in total. The largest absolute Gasteiger partial charge is 0.446 e. The maximum atomic E-state index is 11.0. The van der Waals surface area contributed by atoms with Crippen LogP contribution in [0.25, 0.3) is 0 Å². The molecule has 0 aromatic heterocycles. The molecule has 1 rings (SSSR count). The molecule has 0 aromatic carbocycles. The molecule has 0 bridgehead atoms. The Labute approximate surface area is 71.3 Å². The molecule has 1 amide bonds. The molecule has 0 unspecified atom stereocenters. The van der Waals surface area contributed by atoms with Gasteiger partial charge < -0.3 is 4.74 Å². The first-order valence-corrected chi connectivity index (χ1v) is 3.53. The van der Waals surface area contributed by atoms with Crippen LogP contribution in [0, 0.1) is 12.3 Å². The molecule has 0 aliphatic carbocycles. The van der Waals surface area contributed by atoms with E-state index in [2.05, 4.69) is 18.2 Å². The summed E-state index contributed by atoms with van der Waals surface area (Å²) in [7, 11) is 0. The second kappa shape index (κ2) is 3.66. The zero-order valence-corrected chi connectivity index (χ0v) is 6.62. The maximum Gasteiger partial charge on any atom is 0.411 e. The quantitative estimate of drug-likeness (QED) is 0.444. The van der Waals surface area contributed by atoms with Crippen molar-refractivity contribution in [2.75, 3.05) is 13.2 Å². The summed E-state index contributed by atoms with van der Waals surface area (Å²) in [6.45, 7) is 4.08. The lowest BCUT2D eigenvalue weighted by atomic mass is 10.3. The summed E-state index contributed by atoms with van der Waals surface area (Å²) in [5.41, 5.74) is 2.57. The van der Waals surface area contributed by atoms with Gasteiger partial charge in [0, 0.05) is 0 Å². The summed E-state index contributed by atoms with van der Waals surface area (Å²) in [4.78, 5) is 12.4. The van der Waals surface area contributed by atoms with Crippen LogP contribution in [-0.2, 0) is 4.74 Å². The lowest BCUT2D eigenvalue weighted by Gasteiger charge is -2.13. The Kier molecular flexibility index (Phi) is 2.57. The molecule has 0 N–H and O–H groups in total. The summed E-state index contributed by atoms with van der Waals surface area (Å²) in [6.07, 6.45) is 6.45. The van der Waals surface area contributed by atoms with Gasteiger partial charge in [0.05, 0.1) is 6.54 Å². The third-order valence-corrected chi connectivity index (χ3v) is 1.60. The number of carbonyl (C=O) groups excluding carboxylic acids is 1. The summed E-state index contributed by atoms with van der Waals surface area (Å²) in [5.74, 6) is 2.47. The molecule has 1 heterocycles. The molecular formula is C9H9NO2. The van der Waals surface area contributed by atoms with Gasteiger partial charge in [0.25, 0.3) is 0 Å². The van der Waals surface area contributed by atoms with E-state index < -0.39 is 0 Å². The highest BCUT2D eigenvalue weighted by atomic mass is 16.6. The van der Waals surface area contributed by atoms with Crippen LogP contribution in [0.3, 0.4) is 0 Å². The average Bonchev–Trinajstić information content (AvgIpc) is 2.43. The van der Waals surface area contributed by atoms with Gasteiger partial charge in [-0.3, -0.25) is 4.90 Å². The SMILES string of the molecule is C#C[C@H]1COC(=O)N1CC=C=C. The fourth-order valence-electron chi connectivity index (χ4n) is 0.953. The van der Waals surface area contributed by atoms with Crippen molar-refractivity contribution in [3.8, 4) is 12.3 Å². The van der Waals surface area contributed by atoms with Crippen LogP contribution in [0.15, 0.2) is 18.4 Å². The van der Waals surface area contributed by atoms with Crippen molar-refractivity contribution in [2.45, 2.75) is 6.04 Å². The molecule has 1 saturated heterocycles. The third kappa shape index (κ3) is 1.50. The molecule has 3 heteroatoms. The van der Waals surface area contributed by atoms with Gasteiger partial charge in [-0.15, -0.1) is 12.2 Å². The van der Waals surface area contributed by atoms with Crippen molar-refractivity contribution in [1.29, 1.82) is 0 Å². The van der Waals surface area contributed by atoms with Crippen molar-refractivity contribution in [1.82, 2.24) is 4.90 Å². The monoisotopic (exact) mass is 163 g/mol. The van der Waals surface area contributed by atoms with Crippen molar-refractivity contribution in [3.05, 3.63) is 18.4 Å². The molecular weight excluding hydrogens is 154 g/mol. The van der Waals surface area contributed by atoms with Crippen LogP contribution in [0.4, 0.5) is 4.79 Å². The van der Waals surface area contributed by atoms with Gasteiger partial charge in [-0.1, -0.05) is 12.5 Å². The Bertz CT molecular complexity index is 271. The minimum Gasteiger partial charge on any atom is -0.446 e. The van der Waals surface area contributed by atoms with Crippen LogP contribution >= 0.6 is 0 Å². The minimum atomic E-state index is -0.371. The van der Waals surface area contributed by atoms with E-state index in [4.69, 9.17) is 11.2 Å². The summed E-state index contributed by atoms with van der Waals surface area (Å²) in [5, 5.41) is 0. The molecule has 0 spiro atoms. The van der Waals surface area contributed by atoms with E-state index in [1.54, 1.807) is 6.08 Å². The number of hydrogen-bond donors (Lipinski definition) is 0. The zero-order chi connectivity index (χ0) is 8.97. The predicted molar refractivity (Wildman–Crippen MR) is 44.4 cm³/mol. The number of rotatable bonds is 2. The van der Waals surface area contributed by atoms with Gasteiger partial charge in [-0.05, 0) is 6.08 Å². The first-order chi connectivity index (χ1) is 5.79. The van der Waals surface area contributed by atoms with Gasteiger partial charge in [0.1, 0.15) is 12.6 Å². The molecule has 12 heavy (non-hydrogen) atoms. The Balaban J connectivity index is 2.65. The zero-order valence-electron chi connectivity index (χ0n) is 6.62. The first-order valence-electron chi connectivity index (χ1n) is 3.53. The summed E-state index contributed by atoms with van der Waals surface area (Å²) in [6, 6.07) is -0.248. The van der Waals surface area contributed by atoms with Gasteiger partial charge in [0.2, 0.25) is 0 Å². The van der Waals surface area contributed by atoms with Crippen LogP contribution in [-0.4, -0.2) is 30.2 Å². The normalized spacial score (nSPS) is 21.1. The van der Waals surface area contributed by atoms with E-state index >= 15 is 0 Å². The molecule has 1 fully saturated rings. The standard InChI is InChI=1S/C9H9NO2/c1-3-5-6-10-8(4-2)7-12-9(10)11/h2,5,8H,1,6-7H2/t8-/m0/s1. The second-order valence-electron chi connectivity index (χ2n) is 2.32. The van der Waals surface area contributed by atoms with Crippen molar-refractivity contribution in [2.24, 2.45) is 0 Å². The van der Waals surface area contributed by atoms with E-state index in [1.165, 1.54) is 4.90 Å². The van der Waals surface area contributed by atoms with Crippen molar-refractivity contribution < 1.29 is 9.53 Å². The summed E-state index contributed by atoms with van der Waals surface area (Å²) < 4.78 is 4.74. The lowest BCUT2D eigenvalue weighted by molar-refractivity contribution is 0.160. The van der Waals surface area contributed by atoms with Crippen molar-refractivity contribution in [3.63, 3.8) is 0 Å². The molecule has 0 saturated carbocycles. The second-order valence-corrected chi connectivity index (χ2v) is 2.32. The number of carbonyl (C=O) groups is 1. The number of terminal acetylenes is 1. The van der Waals surface area contributed by atoms with E-state index in [0.717, 1.165) is 0 Å². The highest BCUT2D eigenvalue weighted by Crippen LogP contribution is 2.10. The number of ether oxygens (including phenoxy) is 1. The first kappa shape index (κ1) is 8.45. The van der Waals surface area contributed by atoms with Crippen molar-refractivity contribution >= 4 is 6.09 Å². The highest BCUT2D eigenvalue weighted by molar-refractivity contribution is 5.71. The van der Waals surface area contributed by atoms with Gasteiger partial charge in [-0.2, -0.15) is 0 Å². The van der Waals surface area contributed by atoms with E-state index in [1.807, 2.05) is 0 Å². The van der Waals surface area contributed by atoms with Crippen LogP contribution in [0.5, 0.6) is 0 Å². The van der Waals surface area contributed by atoms with Crippen LogP contribution in [0.2, 0.25) is 0 Å². The van der Waals surface area contributed by atoms with Gasteiger partial charge >= 0.3 is 6.09 Å². The Hall–Kier alpha value is -1.65. The number of hydrogen-bond acceptors (Lipinski definition) is 2. The Morgan fingerprint density at radius 3 is 3.25 bits per heavy atom. The van der Waals surface area contributed by atoms with E-state index in [-0.39, 0.29) is 18.7 Å². The minimum absolute atomic E-state index is 0.248. The van der Waals surface area contributed by atoms with Gasteiger partial charge in [-0.25, -0.2) is 4.79 Å². The van der Waals surface area contributed by atoms with Crippen LogP contribution in [0.1, 0.15) is 0 Å². The molecule has 62 valence electrons. The number of nitrogens with zero attached hydrogens (tertiary/aromatic N) is 1. The third-order valence-electron chi connectivity index (χ3n) is 1.60. The Morgan fingerprint density at radius 2 is 2.67 bits per heavy atom. The molecule has 0 radical (unpaired) electrons. The fourth-order valence-corrected chi connectivity index (χ4v) is 0.953. The lowest BCUT2D eigenvalue weighted by Crippen LogP contribution is -2.32. The molecule has 1 aliphatic rings. The number of cyclic esters (lactones) is 1. The fraction of sp³-hybridized carbons (Fsp3) is 0.333. The van der Waals surface area contributed by atoms with Crippen LogP contribution < -0.4 is 0 Å². The average molecular weight is 163 g/mol. The highest BCUT2D eigenvalue weighted by Gasteiger charge is 2.30. The molecule has 1 atom stereocenters.